The van der Waals surface area contributed by atoms with Gasteiger partial charge in [0.2, 0.25) is 0 Å². The molecular formula is C16H25N. The van der Waals surface area contributed by atoms with Gasteiger partial charge in [0, 0.05) is 18.3 Å². The molecule has 17 heavy (non-hydrogen) atoms. The van der Waals surface area contributed by atoms with Gasteiger partial charge < -0.3 is 4.90 Å². The number of fused-ring (bicyclic) bond motifs is 1. The SMILES string of the molecule is CCC(C)N1CCCc2ccc(C(C)C)cc21. The van der Waals surface area contributed by atoms with Crippen molar-refractivity contribution in [3.05, 3.63) is 29.3 Å². The summed E-state index contributed by atoms with van der Waals surface area (Å²) >= 11 is 0. The van der Waals surface area contributed by atoms with Crippen LogP contribution in [0.3, 0.4) is 0 Å². The molecule has 1 heterocycles. The van der Waals surface area contributed by atoms with Gasteiger partial charge in [-0.05, 0) is 49.3 Å². The van der Waals surface area contributed by atoms with E-state index in [4.69, 9.17) is 0 Å². The van der Waals surface area contributed by atoms with E-state index in [1.807, 2.05) is 0 Å². The Hall–Kier alpha value is -0.980. The molecule has 0 saturated heterocycles. The van der Waals surface area contributed by atoms with E-state index in [1.54, 1.807) is 5.56 Å². The second kappa shape index (κ2) is 5.12. The quantitative estimate of drug-likeness (QED) is 0.747. The summed E-state index contributed by atoms with van der Waals surface area (Å²) in [4.78, 5) is 2.60. The van der Waals surface area contributed by atoms with Crippen molar-refractivity contribution >= 4 is 5.69 Å². The number of anilines is 1. The molecule has 0 N–H and O–H groups in total. The van der Waals surface area contributed by atoms with Crippen molar-refractivity contribution in [3.8, 4) is 0 Å². The van der Waals surface area contributed by atoms with Gasteiger partial charge in [0.05, 0.1) is 0 Å². The second-order valence-electron chi connectivity index (χ2n) is 5.60. The van der Waals surface area contributed by atoms with E-state index in [-0.39, 0.29) is 0 Å². The predicted octanol–water partition coefficient (Wildman–Crippen LogP) is 4.36. The summed E-state index contributed by atoms with van der Waals surface area (Å²) in [6.07, 6.45) is 3.78. The molecule has 1 aliphatic rings. The Bertz CT molecular complexity index is 381. The first-order chi connectivity index (χ1) is 8.13. The summed E-state index contributed by atoms with van der Waals surface area (Å²) in [5, 5.41) is 0. The van der Waals surface area contributed by atoms with Crippen molar-refractivity contribution in [2.75, 3.05) is 11.4 Å². The Balaban J connectivity index is 2.37. The molecule has 94 valence electrons. The number of hydrogen-bond donors (Lipinski definition) is 0. The molecule has 0 amide bonds. The largest absolute Gasteiger partial charge is 0.369 e. The van der Waals surface area contributed by atoms with Gasteiger partial charge in [0.25, 0.3) is 0 Å². The van der Waals surface area contributed by atoms with Crippen LogP contribution in [0.5, 0.6) is 0 Å². The van der Waals surface area contributed by atoms with Crippen LogP contribution in [0.1, 0.15) is 57.6 Å². The lowest BCUT2D eigenvalue weighted by atomic mass is 9.94. The molecule has 1 aliphatic heterocycles. The molecule has 0 radical (unpaired) electrons. The normalized spacial score (nSPS) is 17.1. The van der Waals surface area contributed by atoms with E-state index in [9.17, 15) is 0 Å². The fourth-order valence-corrected chi connectivity index (χ4v) is 2.66. The summed E-state index contributed by atoms with van der Waals surface area (Å²) < 4.78 is 0. The van der Waals surface area contributed by atoms with Crippen molar-refractivity contribution in [1.82, 2.24) is 0 Å². The first kappa shape index (κ1) is 12.5. The molecule has 0 spiro atoms. The van der Waals surface area contributed by atoms with Crippen molar-refractivity contribution in [3.63, 3.8) is 0 Å². The molecule has 0 fully saturated rings. The molecule has 1 aromatic carbocycles. The van der Waals surface area contributed by atoms with Gasteiger partial charge >= 0.3 is 0 Å². The number of nitrogens with zero attached hydrogens (tertiary/aromatic N) is 1. The predicted molar refractivity (Wildman–Crippen MR) is 76.0 cm³/mol. The first-order valence-electron chi connectivity index (χ1n) is 7.03. The summed E-state index contributed by atoms with van der Waals surface area (Å²) in [5.74, 6) is 0.626. The van der Waals surface area contributed by atoms with Crippen LogP contribution in [-0.2, 0) is 6.42 Å². The highest BCUT2D eigenvalue weighted by atomic mass is 15.2. The van der Waals surface area contributed by atoms with Gasteiger partial charge in [-0.2, -0.15) is 0 Å². The van der Waals surface area contributed by atoms with Crippen LogP contribution in [-0.4, -0.2) is 12.6 Å². The minimum atomic E-state index is 0.626. The molecule has 1 aromatic rings. The molecule has 1 atom stereocenters. The molecule has 0 aliphatic carbocycles. The lowest BCUT2D eigenvalue weighted by Gasteiger charge is -2.36. The standard InChI is InChI=1S/C16H25N/c1-5-13(4)17-10-6-7-14-8-9-15(12(2)3)11-16(14)17/h8-9,11-13H,5-7,10H2,1-4H3. The lowest BCUT2D eigenvalue weighted by Crippen LogP contribution is -2.36. The zero-order valence-electron chi connectivity index (χ0n) is 11.7. The zero-order valence-corrected chi connectivity index (χ0v) is 11.7. The average Bonchev–Trinajstić information content (AvgIpc) is 2.36. The van der Waals surface area contributed by atoms with E-state index < -0.39 is 0 Å². The molecular weight excluding hydrogens is 206 g/mol. The second-order valence-corrected chi connectivity index (χ2v) is 5.60. The summed E-state index contributed by atoms with van der Waals surface area (Å²) in [6, 6.07) is 7.74. The lowest BCUT2D eigenvalue weighted by molar-refractivity contribution is 0.579. The monoisotopic (exact) mass is 231 g/mol. The van der Waals surface area contributed by atoms with Crippen LogP contribution >= 0.6 is 0 Å². The van der Waals surface area contributed by atoms with Gasteiger partial charge in [-0.15, -0.1) is 0 Å². The van der Waals surface area contributed by atoms with Crippen molar-refractivity contribution in [2.24, 2.45) is 0 Å². The van der Waals surface area contributed by atoms with Crippen LogP contribution in [0.25, 0.3) is 0 Å². The average molecular weight is 231 g/mol. The Morgan fingerprint density at radius 2 is 2.00 bits per heavy atom. The Labute approximate surface area is 106 Å². The summed E-state index contributed by atoms with van der Waals surface area (Å²) in [7, 11) is 0. The van der Waals surface area contributed by atoms with Gasteiger partial charge in [-0.1, -0.05) is 32.9 Å². The summed E-state index contributed by atoms with van der Waals surface area (Å²) in [5.41, 5.74) is 4.51. The molecule has 1 heteroatoms. The number of hydrogen-bond acceptors (Lipinski definition) is 1. The Morgan fingerprint density at radius 3 is 2.65 bits per heavy atom. The van der Waals surface area contributed by atoms with Crippen LogP contribution in [0.2, 0.25) is 0 Å². The van der Waals surface area contributed by atoms with Crippen LogP contribution < -0.4 is 4.90 Å². The molecule has 2 rings (SSSR count). The molecule has 0 saturated carbocycles. The zero-order chi connectivity index (χ0) is 12.4. The summed E-state index contributed by atoms with van der Waals surface area (Å²) in [6.45, 7) is 10.4. The smallest absolute Gasteiger partial charge is 0.0404 e. The number of benzene rings is 1. The third-order valence-electron chi connectivity index (χ3n) is 4.05. The van der Waals surface area contributed by atoms with Gasteiger partial charge in [0.15, 0.2) is 0 Å². The number of rotatable bonds is 3. The van der Waals surface area contributed by atoms with Crippen molar-refractivity contribution in [1.29, 1.82) is 0 Å². The van der Waals surface area contributed by atoms with E-state index in [1.165, 1.54) is 37.1 Å². The fourth-order valence-electron chi connectivity index (χ4n) is 2.66. The van der Waals surface area contributed by atoms with Crippen molar-refractivity contribution < 1.29 is 0 Å². The van der Waals surface area contributed by atoms with Crippen LogP contribution in [0.15, 0.2) is 18.2 Å². The van der Waals surface area contributed by atoms with E-state index in [0.29, 0.717) is 12.0 Å². The number of aryl methyl sites for hydroxylation is 1. The Morgan fingerprint density at radius 1 is 1.24 bits per heavy atom. The highest BCUT2D eigenvalue weighted by Crippen LogP contribution is 2.32. The maximum Gasteiger partial charge on any atom is 0.0404 e. The third-order valence-corrected chi connectivity index (χ3v) is 4.05. The van der Waals surface area contributed by atoms with Crippen molar-refractivity contribution in [2.45, 2.75) is 58.9 Å². The molecule has 0 aromatic heterocycles. The van der Waals surface area contributed by atoms with E-state index >= 15 is 0 Å². The first-order valence-corrected chi connectivity index (χ1v) is 7.03. The molecule has 1 unspecified atom stereocenters. The van der Waals surface area contributed by atoms with Gasteiger partial charge in [0.1, 0.15) is 0 Å². The maximum atomic E-state index is 2.60. The minimum Gasteiger partial charge on any atom is -0.369 e. The highest BCUT2D eigenvalue weighted by molar-refractivity contribution is 5.58. The third kappa shape index (κ3) is 2.48. The Kier molecular flexibility index (Phi) is 3.76. The van der Waals surface area contributed by atoms with Gasteiger partial charge in [-0.3, -0.25) is 0 Å². The maximum absolute atomic E-state index is 2.60. The van der Waals surface area contributed by atoms with Gasteiger partial charge in [-0.25, -0.2) is 0 Å². The van der Waals surface area contributed by atoms with E-state index in [2.05, 4.69) is 50.8 Å². The molecule has 1 nitrogen and oxygen atoms in total. The van der Waals surface area contributed by atoms with Crippen LogP contribution in [0.4, 0.5) is 5.69 Å². The minimum absolute atomic E-state index is 0.626. The molecule has 0 bridgehead atoms. The highest BCUT2D eigenvalue weighted by Gasteiger charge is 2.20. The van der Waals surface area contributed by atoms with E-state index in [0.717, 1.165) is 0 Å². The fraction of sp³-hybridized carbons (Fsp3) is 0.625. The topological polar surface area (TPSA) is 3.24 Å². The van der Waals surface area contributed by atoms with Crippen LogP contribution in [0, 0.1) is 0 Å².